The van der Waals surface area contributed by atoms with Crippen LogP contribution < -0.4 is 5.32 Å². The predicted molar refractivity (Wildman–Crippen MR) is 93.6 cm³/mol. The second kappa shape index (κ2) is 9.64. The third-order valence-electron chi connectivity index (χ3n) is 4.78. The topological polar surface area (TPSA) is 73.6 Å². The number of likely N-dealkylation sites (tertiary alicyclic amines) is 1. The SMILES string of the molecule is CCC(CNC(=O)N(CCO)Cc1nccn1C)N1CCCCC1. The molecular weight excluding hydrogens is 306 g/mol. The molecule has 7 heteroatoms. The lowest BCUT2D eigenvalue weighted by atomic mass is 10.1. The summed E-state index contributed by atoms with van der Waals surface area (Å²) in [4.78, 5) is 20.9. The minimum atomic E-state index is -0.137. The highest BCUT2D eigenvalue weighted by Crippen LogP contribution is 2.14. The summed E-state index contributed by atoms with van der Waals surface area (Å²) in [6, 6.07) is 0.251. The van der Waals surface area contributed by atoms with Crippen molar-refractivity contribution in [2.45, 2.75) is 45.2 Å². The van der Waals surface area contributed by atoms with Crippen LogP contribution in [0.25, 0.3) is 0 Å². The fourth-order valence-electron chi connectivity index (χ4n) is 3.22. The van der Waals surface area contributed by atoms with Gasteiger partial charge in [-0.1, -0.05) is 13.3 Å². The van der Waals surface area contributed by atoms with Gasteiger partial charge >= 0.3 is 6.03 Å². The summed E-state index contributed by atoms with van der Waals surface area (Å²) in [6.45, 7) is 5.73. The van der Waals surface area contributed by atoms with Crippen molar-refractivity contribution in [2.75, 3.05) is 32.8 Å². The fourth-order valence-corrected chi connectivity index (χ4v) is 3.22. The van der Waals surface area contributed by atoms with Gasteiger partial charge < -0.3 is 19.9 Å². The Morgan fingerprint density at radius 1 is 1.42 bits per heavy atom. The van der Waals surface area contributed by atoms with Crippen LogP contribution in [0.5, 0.6) is 0 Å². The van der Waals surface area contributed by atoms with E-state index in [1.54, 1.807) is 11.1 Å². The molecular formula is C17H31N5O2. The molecule has 24 heavy (non-hydrogen) atoms. The quantitative estimate of drug-likeness (QED) is 0.747. The van der Waals surface area contributed by atoms with Gasteiger partial charge in [-0.2, -0.15) is 0 Å². The number of hydrogen-bond donors (Lipinski definition) is 2. The minimum Gasteiger partial charge on any atom is -0.395 e. The van der Waals surface area contributed by atoms with Gasteiger partial charge in [0.05, 0.1) is 13.2 Å². The molecule has 7 nitrogen and oxygen atoms in total. The lowest BCUT2D eigenvalue weighted by Gasteiger charge is -2.34. The Morgan fingerprint density at radius 2 is 2.17 bits per heavy atom. The van der Waals surface area contributed by atoms with Crippen LogP contribution in [0.2, 0.25) is 0 Å². The molecule has 1 fully saturated rings. The standard InChI is InChI=1S/C17H31N5O2/c1-3-15(21-8-5-4-6-9-21)13-19-17(24)22(11-12-23)14-16-18-7-10-20(16)2/h7,10,15,23H,3-6,8-9,11-14H2,1-2H3,(H,19,24). The van der Waals surface area contributed by atoms with Crippen molar-refractivity contribution < 1.29 is 9.90 Å². The van der Waals surface area contributed by atoms with Crippen LogP contribution in [0.3, 0.4) is 0 Å². The summed E-state index contributed by atoms with van der Waals surface area (Å²) in [5, 5.41) is 12.3. The summed E-state index contributed by atoms with van der Waals surface area (Å²) in [5.74, 6) is 0.807. The highest BCUT2D eigenvalue weighted by atomic mass is 16.3. The van der Waals surface area contributed by atoms with Gasteiger partial charge in [0.25, 0.3) is 0 Å². The molecule has 1 aliphatic heterocycles. The number of piperidine rings is 1. The van der Waals surface area contributed by atoms with Crippen molar-refractivity contribution in [3.63, 3.8) is 0 Å². The zero-order valence-electron chi connectivity index (χ0n) is 14.9. The number of aliphatic hydroxyl groups excluding tert-OH is 1. The normalized spacial score (nSPS) is 16.8. The van der Waals surface area contributed by atoms with E-state index in [0.717, 1.165) is 25.3 Å². The van der Waals surface area contributed by atoms with Gasteiger partial charge in [0.1, 0.15) is 5.82 Å². The summed E-state index contributed by atoms with van der Waals surface area (Å²) in [5.41, 5.74) is 0. The number of nitrogens with zero attached hydrogens (tertiary/aromatic N) is 4. The molecule has 2 rings (SSSR count). The number of amides is 2. The molecule has 0 aromatic carbocycles. The zero-order chi connectivity index (χ0) is 17.4. The summed E-state index contributed by atoms with van der Waals surface area (Å²) < 4.78 is 1.89. The van der Waals surface area contributed by atoms with Crippen molar-refractivity contribution in [1.29, 1.82) is 0 Å². The maximum absolute atomic E-state index is 12.5. The summed E-state index contributed by atoms with van der Waals surface area (Å²) in [7, 11) is 1.90. The van der Waals surface area contributed by atoms with Gasteiger partial charge in [0.2, 0.25) is 0 Å². The smallest absolute Gasteiger partial charge is 0.317 e. The van der Waals surface area contributed by atoms with Crippen molar-refractivity contribution in [2.24, 2.45) is 7.05 Å². The molecule has 2 amide bonds. The Balaban J connectivity index is 1.88. The number of hydrogen-bond acceptors (Lipinski definition) is 4. The molecule has 2 heterocycles. The number of nitrogens with one attached hydrogen (secondary N) is 1. The largest absolute Gasteiger partial charge is 0.395 e. The lowest BCUT2D eigenvalue weighted by molar-refractivity contribution is 0.145. The second-order valence-corrected chi connectivity index (χ2v) is 6.44. The van der Waals surface area contributed by atoms with Gasteiger partial charge in [-0.25, -0.2) is 9.78 Å². The van der Waals surface area contributed by atoms with E-state index in [2.05, 4.69) is 22.1 Å². The van der Waals surface area contributed by atoms with Crippen LogP contribution in [0.15, 0.2) is 12.4 Å². The van der Waals surface area contributed by atoms with Crippen LogP contribution in [0.4, 0.5) is 4.79 Å². The summed E-state index contributed by atoms with van der Waals surface area (Å²) >= 11 is 0. The third kappa shape index (κ3) is 5.21. The third-order valence-corrected chi connectivity index (χ3v) is 4.78. The molecule has 1 aromatic rings. The van der Waals surface area contributed by atoms with E-state index in [0.29, 0.717) is 25.7 Å². The first-order valence-corrected chi connectivity index (χ1v) is 8.99. The van der Waals surface area contributed by atoms with Crippen LogP contribution >= 0.6 is 0 Å². The zero-order valence-corrected chi connectivity index (χ0v) is 14.9. The Morgan fingerprint density at radius 3 is 2.75 bits per heavy atom. The first-order chi connectivity index (χ1) is 11.7. The average molecular weight is 337 g/mol. The molecule has 1 aliphatic rings. The maximum atomic E-state index is 12.5. The average Bonchev–Trinajstić information content (AvgIpc) is 3.00. The maximum Gasteiger partial charge on any atom is 0.317 e. The van der Waals surface area contributed by atoms with E-state index >= 15 is 0 Å². The van der Waals surface area contributed by atoms with Crippen LogP contribution in [0, 0.1) is 0 Å². The van der Waals surface area contributed by atoms with Gasteiger partial charge in [0, 0.05) is 38.6 Å². The van der Waals surface area contributed by atoms with E-state index < -0.39 is 0 Å². The summed E-state index contributed by atoms with van der Waals surface area (Å²) in [6.07, 6.45) is 8.41. The molecule has 136 valence electrons. The van der Waals surface area contributed by atoms with Gasteiger partial charge in [-0.3, -0.25) is 4.90 Å². The fraction of sp³-hybridized carbons (Fsp3) is 0.765. The molecule has 0 saturated carbocycles. The number of aryl methyl sites for hydroxylation is 1. The molecule has 1 aromatic heterocycles. The monoisotopic (exact) mass is 337 g/mol. The molecule has 1 saturated heterocycles. The molecule has 0 radical (unpaired) electrons. The first-order valence-electron chi connectivity index (χ1n) is 8.99. The second-order valence-electron chi connectivity index (χ2n) is 6.44. The van der Waals surface area contributed by atoms with Crippen LogP contribution in [0.1, 0.15) is 38.4 Å². The molecule has 0 aliphatic carbocycles. The highest BCUT2D eigenvalue weighted by Gasteiger charge is 2.21. The number of carbonyl (C=O) groups is 1. The molecule has 1 unspecified atom stereocenters. The number of rotatable bonds is 8. The van der Waals surface area contributed by atoms with Gasteiger partial charge in [-0.15, -0.1) is 0 Å². The number of aliphatic hydroxyl groups is 1. The Labute approximate surface area is 144 Å². The number of aromatic nitrogens is 2. The highest BCUT2D eigenvalue weighted by molar-refractivity contribution is 5.74. The van der Waals surface area contributed by atoms with Gasteiger partial charge in [-0.05, 0) is 32.4 Å². The first kappa shape index (κ1) is 18.7. The number of carbonyl (C=O) groups excluding carboxylic acids is 1. The Bertz CT molecular complexity index is 499. The number of urea groups is 1. The van der Waals surface area contributed by atoms with E-state index in [1.807, 2.05) is 17.8 Å². The Hall–Kier alpha value is -1.60. The Kier molecular flexibility index (Phi) is 7.52. The van der Waals surface area contributed by atoms with Gasteiger partial charge in [0.15, 0.2) is 0 Å². The van der Waals surface area contributed by atoms with E-state index in [-0.39, 0.29) is 12.6 Å². The van der Waals surface area contributed by atoms with E-state index in [4.69, 9.17) is 0 Å². The van der Waals surface area contributed by atoms with E-state index in [1.165, 1.54) is 19.3 Å². The molecule has 2 N–H and O–H groups in total. The van der Waals surface area contributed by atoms with Crippen LogP contribution in [-0.4, -0.2) is 69.3 Å². The minimum absolute atomic E-state index is 0.0544. The predicted octanol–water partition coefficient (Wildman–Crippen LogP) is 1.19. The molecule has 0 spiro atoms. The van der Waals surface area contributed by atoms with E-state index in [9.17, 15) is 9.90 Å². The molecule has 0 bridgehead atoms. The van der Waals surface area contributed by atoms with Crippen molar-refractivity contribution >= 4 is 6.03 Å². The molecule has 1 atom stereocenters. The van der Waals surface area contributed by atoms with Crippen LogP contribution in [-0.2, 0) is 13.6 Å². The number of imidazole rings is 1. The van der Waals surface area contributed by atoms with Crippen molar-refractivity contribution in [3.05, 3.63) is 18.2 Å². The van der Waals surface area contributed by atoms with Crippen molar-refractivity contribution in [1.82, 2.24) is 24.7 Å². The lowest BCUT2D eigenvalue weighted by Crippen LogP contribution is -2.49. The van der Waals surface area contributed by atoms with Crippen molar-refractivity contribution in [3.8, 4) is 0 Å².